The molecule has 0 saturated heterocycles. The van der Waals surface area contributed by atoms with Crippen molar-refractivity contribution in [1.82, 2.24) is 0 Å². The number of rotatable bonds is 2. The number of hydrogen-bond donors (Lipinski definition) is 1. The van der Waals surface area contributed by atoms with Crippen LogP contribution >= 0.6 is 11.3 Å². The average Bonchev–Trinajstić information content (AvgIpc) is 3.14. The summed E-state index contributed by atoms with van der Waals surface area (Å²) in [5.74, 6) is -2.34. The third-order valence-electron chi connectivity index (χ3n) is 4.43. The highest BCUT2D eigenvalue weighted by Gasteiger charge is 2.48. The first-order valence-corrected chi connectivity index (χ1v) is 8.55. The quantitative estimate of drug-likeness (QED) is 0.723. The molecule has 0 bridgehead atoms. The van der Waals surface area contributed by atoms with Gasteiger partial charge in [0.25, 0.3) is 0 Å². The highest BCUT2D eigenvalue weighted by atomic mass is 32.1. The molecule has 2 atom stereocenters. The molecule has 122 valence electrons. The van der Waals surface area contributed by atoms with Crippen molar-refractivity contribution >= 4 is 28.1 Å². The van der Waals surface area contributed by atoms with E-state index >= 15 is 0 Å². The molecular formula is C19H16O4S. The zero-order valence-corrected chi connectivity index (χ0v) is 13.9. The second kappa shape index (κ2) is 5.61. The fourth-order valence-corrected chi connectivity index (χ4v) is 4.12. The molecule has 24 heavy (non-hydrogen) atoms. The van der Waals surface area contributed by atoms with Crippen LogP contribution < -0.4 is 4.74 Å². The number of hydrogen-bond acceptors (Lipinski definition) is 5. The van der Waals surface area contributed by atoms with Gasteiger partial charge in [0.15, 0.2) is 0 Å². The molecule has 0 spiro atoms. The van der Waals surface area contributed by atoms with Crippen molar-refractivity contribution < 1.29 is 19.4 Å². The molecule has 2 aromatic carbocycles. The number of carbonyl (C=O) groups excluding carboxylic acids is 1. The maximum Gasteiger partial charge on any atom is 0.379 e. The minimum absolute atomic E-state index is 0.123. The predicted molar refractivity (Wildman–Crippen MR) is 92.3 cm³/mol. The molecule has 0 fully saturated rings. The van der Waals surface area contributed by atoms with Gasteiger partial charge in [0.2, 0.25) is 0 Å². The summed E-state index contributed by atoms with van der Waals surface area (Å²) in [7, 11) is 1.25. The molecule has 3 aromatic rings. The van der Waals surface area contributed by atoms with Crippen LogP contribution in [0.3, 0.4) is 0 Å². The molecule has 0 amide bonds. The summed E-state index contributed by atoms with van der Waals surface area (Å²) in [4.78, 5) is 13.2. The van der Waals surface area contributed by atoms with Gasteiger partial charge >= 0.3 is 11.8 Å². The summed E-state index contributed by atoms with van der Waals surface area (Å²) in [6.45, 7) is 0. The Hall–Kier alpha value is -2.37. The van der Waals surface area contributed by atoms with Crippen molar-refractivity contribution in [1.29, 1.82) is 0 Å². The third kappa shape index (κ3) is 2.28. The maximum absolute atomic E-state index is 12.2. The van der Waals surface area contributed by atoms with Crippen LogP contribution in [0.1, 0.15) is 22.8 Å². The molecule has 5 heteroatoms. The standard InChI is InChI=1S/C19H16O4S/c1-22-18(20)19(21)11-15(16-7-4-10-24-16)14-9-8-12-5-2-3-6-13(12)17(14)23-19/h2-10,15,21H,11H2,1H3/t15-,19-/m1/s1. The Kier molecular flexibility index (Phi) is 3.55. The number of aliphatic hydroxyl groups is 1. The van der Waals surface area contributed by atoms with E-state index in [2.05, 4.69) is 0 Å². The van der Waals surface area contributed by atoms with Crippen LogP contribution in [0.25, 0.3) is 10.8 Å². The first kappa shape index (κ1) is 15.2. The lowest BCUT2D eigenvalue weighted by atomic mass is 9.85. The van der Waals surface area contributed by atoms with Gasteiger partial charge < -0.3 is 14.6 Å². The van der Waals surface area contributed by atoms with Crippen LogP contribution in [-0.4, -0.2) is 24.0 Å². The second-order valence-electron chi connectivity index (χ2n) is 5.86. The highest BCUT2D eigenvalue weighted by molar-refractivity contribution is 7.10. The summed E-state index contributed by atoms with van der Waals surface area (Å²) < 4.78 is 10.6. The lowest BCUT2D eigenvalue weighted by Crippen LogP contribution is -2.49. The number of thiophene rings is 1. The van der Waals surface area contributed by atoms with Crippen molar-refractivity contribution in [2.75, 3.05) is 7.11 Å². The lowest BCUT2D eigenvalue weighted by molar-refractivity contribution is -0.202. The molecule has 4 nitrogen and oxygen atoms in total. The highest BCUT2D eigenvalue weighted by Crippen LogP contribution is 2.47. The SMILES string of the molecule is COC(=O)[C@@]1(O)C[C@@H](c2cccs2)c2ccc3ccccc3c2O1. The van der Waals surface area contributed by atoms with E-state index in [1.807, 2.05) is 53.9 Å². The molecule has 4 rings (SSSR count). The van der Waals surface area contributed by atoms with E-state index in [4.69, 9.17) is 9.47 Å². The van der Waals surface area contributed by atoms with E-state index in [1.54, 1.807) is 11.3 Å². The van der Waals surface area contributed by atoms with Gasteiger partial charge in [-0.3, -0.25) is 0 Å². The van der Waals surface area contributed by atoms with Gasteiger partial charge in [-0.1, -0.05) is 42.5 Å². The molecule has 1 aliphatic heterocycles. The van der Waals surface area contributed by atoms with E-state index in [9.17, 15) is 9.90 Å². The summed E-state index contributed by atoms with van der Waals surface area (Å²) in [6, 6.07) is 15.8. The molecule has 1 aliphatic rings. The smallest absolute Gasteiger partial charge is 0.379 e. The van der Waals surface area contributed by atoms with Crippen LogP contribution in [0.15, 0.2) is 53.9 Å². The minimum Gasteiger partial charge on any atom is -0.464 e. The van der Waals surface area contributed by atoms with Gasteiger partial charge in [-0.2, -0.15) is 0 Å². The van der Waals surface area contributed by atoms with Gasteiger partial charge in [-0.05, 0) is 16.8 Å². The summed E-state index contributed by atoms with van der Waals surface area (Å²) in [5.41, 5.74) is 0.977. The topological polar surface area (TPSA) is 55.8 Å². The predicted octanol–water partition coefficient (Wildman–Crippen LogP) is 3.68. The molecule has 0 unspecified atom stereocenters. The van der Waals surface area contributed by atoms with Crippen molar-refractivity contribution in [2.45, 2.75) is 18.1 Å². The molecule has 1 N–H and O–H groups in total. The van der Waals surface area contributed by atoms with Crippen LogP contribution in [-0.2, 0) is 9.53 Å². The van der Waals surface area contributed by atoms with Gasteiger partial charge in [0, 0.05) is 28.2 Å². The van der Waals surface area contributed by atoms with Crippen LogP contribution in [0.5, 0.6) is 5.75 Å². The normalized spacial score (nSPS) is 22.7. The number of carbonyl (C=O) groups is 1. The van der Waals surface area contributed by atoms with E-state index in [0.717, 1.165) is 21.2 Å². The van der Waals surface area contributed by atoms with Crippen molar-refractivity contribution in [3.05, 3.63) is 64.4 Å². The largest absolute Gasteiger partial charge is 0.464 e. The van der Waals surface area contributed by atoms with E-state index in [0.29, 0.717) is 5.75 Å². The van der Waals surface area contributed by atoms with E-state index < -0.39 is 11.8 Å². The first-order chi connectivity index (χ1) is 11.6. The fourth-order valence-electron chi connectivity index (χ4n) is 3.27. The van der Waals surface area contributed by atoms with Gasteiger partial charge in [-0.25, -0.2) is 4.79 Å². The molecule has 1 aromatic heterocycles. The Morgan fingerprint density at radius 3 is 2.83 bits per heavy atom. The maximum atomic E-state index is 12.2. The Morgan fingerprint density at radius 1 is 1.25 bits per heavy atom. The Balaban J connectivity index is 1.95. The number of fused-ring (bicyclic) bond motifs is 3. The van der Waals surface area contributed by atoms with E-state index in [1.165, 1.54) is 7.11 Å². The molecule has 0 radical (unpaired) electrons. The monoisotopic (exact) mass is 340 g/mol. The summed E-state index contributed by atoms with van der Waals surface area (Å²) in [5, 5.41) is 14.7. The number of benzene rings is 2. The number of ether oxygens (including phenoxy) is 2. The van der Waals surface area contributed by atoms with E-state index in [-0.39, 0.29) is 12.3 Å². The average molecular weight is 340 g/mol. The van der Waals surface area contributed by atoms with Crippen molar-refractivity contribution in [3.8, 4) is 5.75 Å². The summed E-state index contributed by atoms with van der Waals surface area (Å²) >= 11 is 1.60. The number of methoxy groups -OCH3 is 1. The third-order valence-corrected chi connectivity index (χ3v) is 5.41. The van der Waals surface area contributed by atoms with Crippen LogP contribution in [0.4, 0.5) is 0 Å². The fraction of sp³-hybridized carbons (Fsp3) is 0.211. The second-order valence-corrected chi connectivity index (χ2v) is 6.83. The zero-order chi connectivity index (χ0) is 16.7. The van der Waals surface area contributed by atoms with Crippen molar-refractivity contribution in [2.24, 2.45) is 0 Å². The molecular weight excluding hydrogens is 324 g/mol. The van der Waals surface area contributed by atoms with Gasteiger partial charge in [0.1, 0.15) is 5.75 Å². The zero-order valence-electron chi connectivity index (χ0n) is 13.1. The Labute approximate surface area is 143 Å². The summed E-state index contributed by atoms with van der Waals surface area (Å²) in [6.07, 6.45) is 0.130. The van der Waals surface area contributed by atoms with Gasteiger partial charge in [0.05, 0.1) is 7.11 Å². The minimum atomic E-state index is -1.99. The Bertz CT molecular complexity index is 903. The first-order valence-electron chi connectivity index (χ1n) is 7.67. The van der Waals surface area contributed by atoms with Crippen molar-refractivity contribution in [3.63, 3.8) is 0 Å². The Morgan fingerprint density at radius 2 is 2.08 bits per heavy atom. The number of esters is 1. The molecule has 0 aliphatic carbocycles. The molecule has 2 heterocycles. The van der Waals surface area contributed by atoms with Crippen LogP contribution in [0.2, 0.25) is 0 Å². The van der Waals surface area contributed by atoms with Crippen LogP contribution in [0, 0.1) is 0 Å². The van der Waals surface area contributed by atoms with Gasteiger partial charge in [-0.15, -0.1) is 11.3 Å². The molecule has 0 saturated carbocycles. The lowest BCUT2D eigenvalue weighted by Gasteiger charge is -2.36.